The number of anilines is 1. The lowest BCUT2D eigenvalue weighted by atomic mass is 10.4. The summed E-state index contributed by atoms with van der Waals surface area (Å²) in [5, 5.41) is 0. The number of hydrogen-bond donors (Lipinski definition) is 2. The first kappa shape index (κ1) is 12.9. The van der Waals surface area contributed by atoms with Gasteiger partial charge in [-0.3, -0.25) is 9.78 Å². The first-order valence-electron chi connectivity index (χ1n) is 5.24. The third kappa shape index (κ3) is 2.49. The zero-order valence-electron chi connectivity index (χ0n) is 9.47. The summed E-state index contributed by atoms with van der Waals surface area (Å²) < 4.78 is 19.4. The Morgan fingerprint density at radius 2 is 2.44 bits per heavy atom. The number of alkyl halides is 1. The predicted octanol–water partition coefficient (Wildman–Crippen LogP) is -0.111. The second kappa shape index (κ2) is 5.41. The van der Waals surface area contributed by atoms with Crippen molar-refractivity contribution in [2.45, 2.75) is 12.6 Å². The van der Waals surface area contributed by atoms with E-state index in [0.717, 1.165) is 0 Å². The summed E-state index contributed by atoms with van der Waals surface area (Å²) >= 11 is 0. The van der Waals surface area contributed by atoms with Crippen LogP contribution in [0, 0.1) is 0 Å². The Morgan fingerprint density at radius 3 is 3.11 bits per heavy atom. The maximum absolute atomic E-state index is 12.7. The minimum absolute atomic E-state index is 0.00184. The molecular formula is C9H13FN5O2P. The number of hydrogen-bond acceptors (Lipinski definition) is 5. The van der Waals surface area contributed by atoms with E-state index < -0.39 is 18.3 Å². The van der Waals surface area contributed by atoms with Gasteiger partial charge in [-0.25, -0.2) is 9.37 Å². The molecule has 0 saturated carbocycles. The number of halogens is 1. The largest absolute Gasteiger partial charge is 0.370 e. The number of H-pyrrole nitrogens is 1. The van der Waals surface area contributed by atoms with E-state index >= 15 is 0 Å². The van der Waals surface area contributed by atoms with Crippen molar-refractivity contribution in [3.05, 3.63) is 16.7 Å². The summed E-state index contributed by atoms with van der Waals surface area (Å²) in [5.41, 5.74) is 5.54. The Morgan fingerprint density at radius 1 is 1.67 bits per heavy atom. The lowest BCUT2D eigenvalue weighted by Crippen LogP contribution is -2.22. The number of nitrogen functional groups attached to an aromatic ring is 1. The van der Waals surface area contributed by atoms with Gasteiger partial charge in [0.15, 0.2) is 11.2 Å². The van der Waals surface area contributed by atoms with E-state index in [9.17, 15) is 9.18 Å². The van der Waals surface area contributed by atoms with Crippen molar-refractivity contribution in [3.8, 4) is 0 Å². The molecule has 0 radical (unpaired) electrons. The molecule has 7 nitrogen and oxygen atoms in total. The van der Waals surface area contributed by atoms with Crippen LogP contribution in [0.2, 0.25) is 0 Å². The number of rotatable bonds is 5. The highest BCUT2D eigenvalue weighted by molar-refractivity contribution is 7.16. The molecule has 0 saturated heterocycles. The van der Waals surface area contributed by atoms with Crippen molar-refractivity contribution >= 4 is 26.4 Å². The molecule has 9 heteroatoms. The normalized spacial score (nSPS) is 13.0. The quantitative estimate of drug-likeness (QED) is 0.740. The fourth-order valence-corrected chi connectivity index (χ4v) is 1.88. The van der Waals surface area contributed by atoms with Crippen molar-refractivity contribution in [2.24, 2.45) is 0 Å². The number of fused-ring (bicyclic) bond motifs is 1. The van der Waals surface area contributed by atoms with Gasteiger partial charge in [0.25, 0.3) is 5.56 Å². The molecule has 2 aromatic heterocycles. The van der Waals surface area contributed by atoms with Crippen molar-refractivity contribution in [3.63, 3.8) is 0 Å². The molecule has 3 N–H and O–H groups in total. The van der Waals surface area contributed by atoms with Crippen molar-refractivity contribution < 1.29 is 9.13 Å². The van der Waals surface area contributed by atoms with Crippen LogP contribution in [0.15, 0.2) is 11.1 Å². The minimum atomic E-state index is -0.632. The molecule has 2 aromatic rings. The fourth-order valence-electron chi connectivity index (χ4n) is 1.61. The molecule has 0 aliphatic carbocycles. The van der Waals surface area contributed by atoms with Gasteiger partial charge in [-0.1, -0.05) is 0 Å². The van der Waals surface area contributed by atoms with Gasteiger partial charge >= 0.3 is 0 Å². The summed E-state index contributed by atoms with van der Waals surface area (Å²) in [4.78, 5) is 21.8. The number of nitrogens with zero attached hydrogens (tertiary/aromatic N) is 3. The maximum atomic E-state index is 12.7. The molecule has 0 aliphatic rings. The van der Waals surface area contributed by atoms with Crippen molar-refractivity contribution in [1.29, 1.82) is 0 Å². The van der Waals surface area contributed by atoms with Gasteiger partial charge in [0, 0.05) is 0 Å². The van der Waals surface area contributed by atoms with Gasteiger partial charge in [-0.05, 0) is 0 Å². The summed E-state index contributed by atoms with van der Waals surface area (Å²) in [6.45, 7) is -0.413. The van der Waals surface area contributed by atoms with Gasteiger partial charge in [0.05, 0.1) is 19.2 Å². The third-order valence-corrected chi connectivity index (χ3v) is 2.59. The molecule has 0 aliphatic heterocycles. The number of aromatic nitrogens is 4. The molecule has 2 rings (SSSR count). The van der Waals surface area contributed by atoms with Crippen LogP contribution in [0.3, 0.4) is 0 Å². The number of ether oxygens (including phenoxy) is 1. The average Bonchev–Trinajstić information content (AvgIpc) is 2.72. The van der Waals surface area contributed by atoms with Crippen molar-refractivity contribution in [2.75, 3.05) is 18.8 Å². The molecule has 98 valence electrons. The van der Waals surface area contributed by atoms with Crippen LogP contribution in [0.25, 0.3) is 11.2 Å². The van der Waals surface area contributed by atoms with Gasteiger partial charge in [0.2, 0.25) is 5.95 Å². The maximum Gasteiger partial charge on any atom is 0.280 e. The SMILES string of the molecule is Nc1nc2c(ncn2CC(CF)OCP)c(=O)[nH]1. The van der Waals surface area contributed by atoms with Crippen molar-refractivity contribution in [1.82, 2.24) is 19.5 Å². The third-order valence-electron chi connectivity index (χ3n) is 2.40. The Labute approximate surface area is 104 Å². The standard InChI is InChI=1S/C9H13FN5O2P/c10-1-5(17-4-18)2-15-3-12-6-7(15)13-9(11)14-8(6)16/h3,5H,1-2,4,18H2,(H3,11,13,14,16). The molecule has 2 heterocycles. The number of nitrogens with one attached hydrogen (secondary N) is 1. The number of imidazole rings is 1. The average molecular weight is 273 g/mol. The number of nitrogens with two attached hydrogens (primary N) is 1. The summed E-state index contributed by atoms with van der Waals surface area (Å²) in [6.07, 6.45) is 1.14. The van der Waals surface area contributed by atoms with Crippen LogP contribution in [-0.2, 0) is 11.3 Å². The molecule has 2 atom stereocenters. The van der Waals surface area contributed by atoms with E-state index in [0.29, 0.717) is 12.0 Å². The van der Waals surface area contributed by atoms with Crippen LogP contribution in [-0.4, -0.2) is 38.6 Å². The van der Waals surface area contributed by atoms with Gasteiger partial charge in [-0.2, -0.15) is 4.98 Å². The molecule has 0 bridgehead atoms. The predicted molar refractivity (Wildman–Crippen MR) is 68.0 cm³/mol. The van der Waals surface area contributed by atoms with Crippen LogP contribution < -0.4 is 11.3 Å². The molecule has 0 spiro atoms. The molecule has 18 heavy (non-hydrogen) atoms. The van der Waals surface area contributed by atoms with Crippen LogP contribution in [0.1, 0.15) is 0 Å². The molecule has 0 fully saturated rings. The summed E-state index contributed by atoms with van der Waals surface area (Å²) in [7, 11) is 2.35. The monoisotopic (exact) mass is 273 g/mol. The topological polar surface area (TPSA) is 98.8 Å². The van der Waals surface area contributed by atoms with E-state index in [1.165, 1.54) is 6.33 Å². The molecule has 0 amide bonds. The highest BCUT2D eigenvalue weighted by Gasteiger charge is 2.14. The van der Waals surface area contributed by atoms with E-state index in [2.05, 4.69) is 24.2 Å². The van der Waals surface area contributed by atoms with Gasteiger partial charge < -0.3 is 15.0 Å². The first-order valence-corrected chi connectivity index (χ1v) is 6.05. The van der Waals surface area contributed by atoms with Gasteiger partial charge in [-0.15, -0.1) is 9.24 Å². The first-order chi connectivity index (χ1) is 8.65. The number of aromatic amines is 1. The smallest absolute Gasteiger partial charge is 0.280 e. The Balaban J connectivity index is 2.37. The second-order valence-electron chi connectivity index (χ2n) is 3.63. The Kier molecular flexibility index (Phi) is 3.88. The minimum Gasteiger partial charge on any atom is -0.370 e. The zero-order valence-corrected chi connectivity index (χ0v) is 10.6. The van der Waals surface area contributed by atoms with Crippen LogP contribution >= 0.6 is 9.24 Å². The summed E-state index contributed by atoms with van der Waals surface area (Å²) in [6, 6.07) is 0. The van der Waals surface area contributed by atoms with E-state index in [-0.39, 0.29) is 18.0 Å². The second-order valence-corrected chi connectivity index (χ2v) is 3.96. The highest BCUT2D eigenvalue weighted by atomic mass is 31.0. The van der Waals surface area contributed by atoms with E-state index in [4.69, 9.17) is 10.5 Å². The van der Waals surface area contributed by atoms with Crippen LogP contribution in [0.4, 0.5) is 10.3 Å². The highest BCUT2D eigenvalue weighted by Crippen LogP contribution is 2.09. The van der Waals surface area contributed by atoms with E-state index in [1.807, 2.05) is 0 Å². The molecule has 2 unspecified atom stereocenters. The Bertz CT molecular complexity index is 598. The fraction of sp³-hybridized carbons (Fsp3) is 0.444. The van der Waals surface area contributed by atoms with Gasteiger partial charge in [0.1, 0.15) is 12.8 Å². The lowest BCUT2D eigenvalue weighted by molar-refractivity contribution is 0.0558. The van der Waals surface area contributed by atoms with E-state index in [1.54, 1.807) is 4.57 Å². The zero-order chi connectivity index (χ0) is 13.1. The molecule has 0 aromatic carbocycles. The lowest BCUT2D eigenvalue weighted by Gasteiger charge is -2.13. The van der Waals surface area contributed by atoms with Crippen LogP contribution in [0.5, 0.6) is 0 Å². The Hall–Kier alpha value is -1.53. The summed E-state index contributed by atoms with van der Waals surface area (Å²) in [5.74, 6) is -0.00184. The molecular weight excluding hydrogens is 260 g/mol.